The van der Waals surface area contributed by atoms with Gasteiger partial charge in [0.15, 0.2) is 0 Å². The number of hydrogen-bond donors (Lipinski definition) is 0. The predicted molar refractivity (Wildman–Crippen MR) is 91.8 cm³/mol. The van der Waals surface area contributed by atoms with Crippen LogP contribution in [0.5, 0.6) is 0 Å². The zero-order valence-electron chi connectivity index (χ0n) is 15.5. The first kappa shape index (κ1) is 20.7. The summed E-state index contributed by atoms with van der Waals surface area (Å²) in [5, 5.41) is 0. The van der Waals surface area contributed by atoms with Crippen LogP contribution >= 0.6 is 0 Å². The van der Waals surface area contributed by atoms with E-state index in [4.69, 9.17) is 9.47 Å². The van der Waals surface area contributed by atoms with Gasteiger partial charge in [0.05, 0.1) is 13.5 Å². The summed E-state index contributed by atoms with van der Waals surface area (Å²) in [5.41, 5.74) is 0.166. The van der Waals surface area contributed by atoms with E-state index in [1.807, 2.05) is 18.2 Å². The maximum atomic E-state index is 12.4. The van der Waals surface area contributed by atoms with Crippen LogP contribution in [0.25, 0.3) is 0 Å². The molecule has 7 heteroatoms. The molecule has 0 heterocycles. The molecule has 1 aliphatic rings. The van der Waals surface area contributed by atoms with Gasteiger partial charge in [-0.15, -0.1) is 0 Å². The highest BCUT2D eigenvalue weighted by Gasteiger charge is 2.33. The molecule has 7 nitrogen and oxygen atoms in total. The lowest BCUT2D eigenvalue weighted by atomic mass is 10.1. The third kappa shape index (κ3) is 7.41. The second kappa shape index (κ2) is 9.25. The third-order valence-electron chi connectivity index (χ3n) is 3.46. The number of allylic oxidation sites excluding steroid dienone is 2. The van der Waals surface area contributed by atoms with Gasteiger partial charge in [-0.2, -0.15) is 0 Å². The maximum absolute atomic E-state index is 12.4. The molecule has 1 aliphatic carbocycles. The normalized spacial score (nSPS) is 15.0. The largest absolute Gasteiger partial charge is 0.469 e. The molecular weight excluding hydrogens is 326 g/mol. The number of hydrogen-bond acceptors (Lipinski definition) is 6. The Kier molecular flexibility index (Phi) is 7.67. The minimum Gasteiger partial charge on any atom is -0.469 e. The topological polar surface area (TPSA) is 82.1 Å². The van der Waals surface area contributed by atoms with Gasteiger partial charge in [-0.05, 0) is 39.2 Å². The number of carbonyl (C=O) groups is 3. The Hall–Kier alpha value is -2.31. The first-order valence-corrected chi connectivity index (χ1v) is 8.19. The summed E-state index contributed by atoms with van der Waals surface area (Å²) in [6.45, 7) is 5.24. The third-order valence-corrected chi connectivity index (χ3v) is 3.46. The quantitative estimate of drug-likeness (QED) is 0.539. The molecule has 1 unspecified atom stereocenters. The summed E-state index contributed by atoms with van der Waals surface area (Å²) in [6.07, 6.45) is 6.72. The van der Waals surface area contributed by atoms with Crippen LogP contribution in [0.2, 0.25) is 0 Å². The van der Waals surface area contributed by atoms with E-state index in [1.54, 1.807) is 20.8 Å². The van der Waals surface area contributed by atoms with Crippen LogP contribution in [-0.4, -0.2) is 55.3 Å². The summed E-state index contributed by atoms with van der Waals surface area (Å²) in [6, 6.07) is -1.12. The highest BCUT2D eigenvalue weighted by molar-refractivity contribution is 5.86. The van der Waals surface area contributed by atoms with Gasteiger partial charge in [-0.25, -0.2) is 9.59 Å². The van der Waals surface area contributed by atoms with Gasteiger partial charge in [-0.3, -0.25) is 9.69 Å². The summed E-state index contributed by atoms with van der Waals surface area (Å²) in [5.74, 6) is -1.30. The molecule has 0 aromatic carbocycles. The van der Waals surface area contributed by atoms with Crippen LogP contribution in [0.3, 0.4) is 0 Å². The molecule has 0 N–H and O–H groups in total. The van der Waals surface area contributed by atoms with Gasteiger partial charge in [0, 0.05) is 7.05 Å². The Bertz CT molecular complexity index is 558. The Labute approximate surface area is 148 Å². The molecule has 0 radical (unpaired) electrons. The van der Waals surface area contributed by atoms with E-state index in [2.05, 4.69) is 4.74 Å². The Morgan fingerprint density at radius 2 is 1.92 bits per heavy atom. The van der Waals surface area contributed by atoms with Crippen molar-refractivity contribution in [3.63, 3.8) is 0 Å². The van der Waals surface area contributed by atoms with Crippen molar-refractivity contribution in [2.24, 2.45) is 0 Å². The SMILES string of the molecule is COC(=O)CC(C(=O)OCC1=CCCC=C1)N(C)C(=O)OC(C)(C)C. The fraction of sp³-hybridized carbons (Fsp3) is 0.611. The Morgan fingerprint density at radius 1 is 1.24 bits per heavy atom. The van der Waals surface area contributed by atoms with Gasteiger partial charge in [0.2, 0.25) is 0 Å². The monoisotopic (exact) mass is 353 g/mol. The van der Waals surface area contributed by atoms with Crippen molar-refractivity contribution < 1.29 is 28.6 Å². The van der Waals surface area contributed by atoms with E-state index >= 15 is 0 Å². The van der Waals surface area contributed by atoms with Crippen LogP contribution < -0.4 is 0 Å². The molecule has 0 bridgehead atoms. The van der Waals surface area contributed by atoms with E-state index in [0.717, 1.165) is 23.3 Å². The molecule has 0 saturated heterocycles. The van der Waals surface area contributed by atoms with E-state index in [-0.39, 0.29) is 13.0 Å². The molecule has 140 valence electrons. The van der Waals surface area contributed by atoms with Crippen molar-refractivity contribution in [2.45, 2.75) is 51.7 Å². The molecule has 0 aromatic rings. The van der Waals surface area contributed by atoms with Gasteiger partial charge >= 0.3 is 18.0 Å². The first-order chi connectivity index (χ1) is 11.6. The number of methoxy groups -OCH3 is 1. The highest BCUT2D eigenvalue weighted by Crippen LogP contribution is 2.15. The van der Waals surface area contributed by atoms with Gasteiger partial charge in [0.25, 0.3) is 0 Å². The maximum Gasteiger partial charge on any atom is 0.410 e. The lowest BCUT2D eigenvalue weighted by Crippen LogP contribution is -2.46. The second-order valence-corrected chi connectivity index (χ2v) is 6.75. The average Bonchev–Trinajstić information content (AvgIpc) is 2.56. The van der Waals surface area contributed by atoms with Crippen LogP contribution in [0.4, 0.5) is 4.79 Å². The van der Waals surface area contributed by atoms with E-state index in [9.17, 15) is 14.4 Å². The molecule has 0 aromatic heterocycles. The molecule has 1 atom stereocenters. The molecule has 0 aliphatic heterocycles. The second-order valence-electron chi connectivity index (χ2n) is 6.75. The first-order valence-electron chi connectivity index (χ1n) is 8.19. The van der Waals surface area contributed by atoms with E-state index in [0.29, 0.717) is 0 Å². The zero-order valence-corrected chi connectivity index (χ0v) is 15.5. The zero-order chi connectivity index (χ0) is 19.0. The molecule has 25 heavy (non-hydrogen) atoms. The van der Waals surface area contributed by atoms with Crippen LogP contribution in [-0.2, 0) is 23.8 Å². The number of likely N-dealkylation sites (N-methyl/N-ethyl adjacent to an activating group) is 1. The number of carbonyl (C=O) groups excluding carboxylic acids is 3. The predicted octanol–water partition coefficient (Wildman–Crippen LogP) is 2.60. The van der Waals surface area contributed by atoms with Crippen molar-refractivity contribution in [3.05, 3.63) is 23.8 Å². The van der Waals surface area contributed by atoms with Gasteiger partial charge in [0.1, 0.15) is 18.2 Å². The highest BCUT2D eigenvalue weighted by atomic mass is 16.6. The van der Waals surface area contributed by atoms with Gasteiger partial charge in [-0.1, -0.05) is 18.2 Å². The number of rotatable bonds is 6. The molecule has 0 fully saturated rings. The Balaban J connectivity index is 2.78. The standard InChI is InChI=1S/C18H27NO6/c1-18(2,3)25-17(22)19(4)14(11-15(20)23-5)16(21)24-12-13-9-7-6-8-10-13/h7,9-10,14H,6,8,11-12H2,1-5H3. The molecule has 0 spiro atoms. The van der Waals surface area contributed by atoms with Crippen LogP contribution in [0.15, 0.2) is 23.8 Å². The lowest BCUT2D eigenvalue weighted by molar-refractivity contribution is -0.154. The minimum atomic E-state index is -1.12. The summed E-state index contributed by atoms with van der Waals surface area (Å²) < 4.78 is 15.1. The fourth-order valence-corrected chi connectivity index (χ4v) is 2.11. The number of esters is 2. The number of ether oxygens (including phenoxy) is 3. The average molecular weight is 353 g/mol. The smallest absolute Gasteiger partial charge is 0.410 e. The molecule has 1 amide bonds. The number of amides is 1. The van der Waals surface area contributed by atoms with Crippen molar-refractivity contribution in [1.29, 1.82) is 0 Å². The van der Waals surface area contributed by atoms with Crippen molar-refractivity contribution >= 4 is 18.0 Å². The van der Waals surface area contributed by atoms with Crippen LogP contribution in [0.1, 0.15) is 40.0 Å². The van der Waals surface area contributed by atoms with Crippen LogP contribution in [0, 0.1) is 0 Å². The minimum absolute atomic E-state index is 0.0924. The van der Waals surface area contributed by atoms with Crippen molar-refractivity contribution in [1.82, 2.24) is 4.90 Å². The fourth-order valence-electron chi connectivity index (χ4n) is 2.11. The summed E-state index contributed by atoms with van der Waals surface area (Å²) in [7, 11) is 2.61. The molecule has 0 saturated carbocycles. The van der Waals surface area contributed by atoms with Crippen molar-refractivity contribution in [2.75, 3.05) is 20.8 Å². The van der Waals surface area contributed by atoms with Gasteiger partial charge < -0.3 is 14.2 Å². The molecule has 1 rings (SSSR count). The summed E-state index contributed by atoms with van der Waals surface area (Å²) in [4.78, 5) is 37.3. The molecular formula is C18H27NO6. The Morgan fingerprint density at radius 3 is 2.44 bits per heavy atom. The van der Waals surface area contributed by atoms with E-state index < -0.39 is 29.7 Å². The van der Waals surface area contributed by atoms with E-state index in [1.165, 1.54) is 14.2 Å². The lowest BCUT2D eigenvalue weighted by Gasteiger charge is -2.29. The number of nitrogens with zero attached hydrogens (tertiary/aromatic N) is 1. The van der Waals surface area contributed by atoms with Crippen molar-refractivity contribution in [3.8, 4) is 0 Å². The summed E-state index contributed by atoms with van der Waals surface area (Å²) >= 11 is 0.